The number of piperidine rings is 1. The topological polar surface area (TPSA) is 76.5 Å². The zero-order valence-corrected chi connectivity index (χ0v) is 15.0. The maximum atomic E-state index is 13.2. The number of hydrogen-bond donors (Lipinski definition) is 0. The van der Waals surface area contributed by atoms with Crippen LogP contribution in [0.3, 0.4) is 0 Å². The molecule has 4 aromatic rings. The molecule has 0 saturated carbocycles. The number of oxazole rings is 1. The molecule has 1 aromatic carbocycles. The van der Waals surface area contributed by atoms with E-state index in [9.17, 15) is 4.79 Å². The van der Waals surface area contributed by atoms with Crippen LogP contribution in [0.5, 0.6) is 0 Å². The summed E-state index contributed by atoms with van der Waals surface area (Å²) >= 11 is 0. The summed E-state index contributed by atoms with van der Waals surface area (Å²) in [4.78, 5) is 19.8. The lowest BCUT2D eigenvalue weighted by Crippen LogP contribution is -2.39. The smallest absolute Gasteiger partial charge is 0.258 e. The number of amides is 1. The van der Waals surface area contributed by atoms with Crippen LogP contribution in [0, 0.1) is 6.92 Å². The van der Waals surface area contributed by atoms with Crippen LogP contribution >= 0.6 is 0 Å². The van der Waals surface area contributed by atoms with Crippen molar-refractivity contribution in [3.05, 3.63) is 59.7 Å². The number of carbonyl (C=O) groups excluding carboxylic acids is 1. The Morgan fingerprint density at radius 1 is 1.22 bits per heavy atom. The molecule has 0 spiro atoms. The number of para-hydroxylation sites is 2. The average Bonchev–Trinajstić information content (AvgIpc) is 3.27. The molecule has 0 radical (unpaired) electrons. The maximum Gasteiger partial charge on any atom is 0.258 e. The van der Waals surface area contributed by atoms with Crippen LogP contribution in [0.15, 0.2) is 47.0 Å². The lowest BCUT2D eigenvalue weighted by molar-refractivity contribution is 0.0700. The molecular weight excluding hydrogens is 342 g/mol. The summed E-state index contributed by atoms with van der Waals surface area (Å²) in [6.07, 6.45) is 3.55. The second kappa shape index (κ2) is 6.19. The zero-order valence-electron chi connectivity index (χ0n) is 15.0. The van der Waals surface area contributed by atoms with E-state index in [1.165, 1.54) is 4.63 Å². The van der Waals surface area contributed by atoms with Crippen molar-refractivity contribution in [1.82, 2.24) is 24.7 Å². The summed E-state index contributed by atoms with van der Waals surface area (Å²) in [5.74, 6) is 0.818. The molecule has 1 aliphatic heterocycles. The fourth-order valence-corrected chi connectivity index (χ4v) is 3.86. The van der Waals surface area contributed by atoms with Gasteiger partial charge in [0.2, 0.25) is 0 Å². The molecule has 27 heavy (non-hydrogen) atoms. The first-order valence-corrected chi connectivity index (χ1v) is 9.16. The number of likely N-dealkylation sites (tertiary alicyclic amines) is 1. The SMILES string of the molecule is Cc1nn2ncccc2c1C(=O)N1CCCC(c2nc3ccccc3o2)C1. The fourth-order valence-electron chi connectivity index (χ4n) is 3.86. The minimum Gasteiger partial charge on any atom is -0.440 e. The molecule has 5 rings (SSSR count). The lowest BCUT2D eigenvalue weighted by Gasteiger charge is -2.31. The molecule has 1 aliphatic rings. The fraction of sp³-hybridized carbons (Fsp3) is 0.300. The summed E-state index contributed by atoms with van der Waals surface area (Å²) in [6.45, 7) is 3.18. The molecule has 4 heterocycles. The number of rotatable bonds is 2. The molecule has 7 nitrogen and oxygen atoms in total. The highest BCUT2D eigenvalue weighted by Gasteiger charge is 2.30. The molecule has 3 aromatic heterocycles. The Balaban J connectivity index is 1.45. The van der Waals surface area contributed by atoms with Crippen molar-refractivity contribution in [2.75, 3.05) is 13.1 Å². The molecule has 136 valence electrons. The van der Waals surface area contributed by atoms with E-state index in [2.05, 4.69) is 15.2 Å². The van der Waals surface area contributed by atoms with Crippen molar-refractivity contribution in [2.24, 2.45) is 0 Å². The van der Waals surface area contributed by atoms with Crippen LogP contribution in [-0.2, 0) is 0 Å². The standard InChI is InChI=1S/C20H19N5O2/c1-13-18(16-8-4-10-21-25(16)23-13)20(26)24-11-5-6-14(12-24)19-22-15-7-2-3-9-17(15)27-19/h2-4,7-10,14H,5-6,11-12H2,1H3. The summed E-state index contributed by atoms with van der Waals surface area (Å²) in [7, 11) is 0. The van der Waals surface area contributed by atoms with E-state index >= 15 is 0 Å². The van der Waals surface area contributed by atoms with Gasteiger partial charge in [0.1, 0.15) is 11.0 Å². The van der Waals surface area contributed by atoms with Gasteiger partial charge in [-0.2, -0.15) is 14.8 Å². The first kappa shape index (κ1) is 16.0. The first-order chi connectivity index (χ1) is 13.2. The Hall–Kier alpha value is -3.22. The van der Waals surface area contributed by atoms with Gasteiger partial charge in [0.05, 0.1) is 17.2 Å². The second-order valence-electron chi connectivity index (χ2n) is 6.97. The summed E-state index contributed by atoms with van der Waals surface area (Å²) in [5.41, 5.74) is 3.72. The summed E-state index contributed by atoms with van der Waals surface area (Å²) in [5, 5.41) is 8.55. The Labute approximate surface area is 155 Å². The normalized spacial score (nSPS) is 17.7. The van der Waals surface area contributed by atoms with Gasteiger partial charge in [-0.15, -0.1) is 0 Å². The molecular formula is C20H19N5O2. The molecule has 0 aliphatic carbocycles. The molecule has 7 heteroatoms. The molecule has 1 saturated heterocycles. The van der Waals surface area contributed by atoms with Crippen LogP contribution < -0.4 is 0 Å². The molecule has 1 unspecified atom stereocenters. The first-order valence-electron chi connectivity index (χ1n) is 9.16. The van der Waals surface area contributed by atoms with Gasteiger partial charge in [0, 0.05) is 19.3 Å². The van der Waals surface area contributed by atoms with E-state index in [4.69, 9.17) is 4.42 Å². The van der Waals surface area contributed by atoms with Gasteiger partial charge < -0.3 is 9.32 Å². The van der Waals surface area contributed by atoms with Gasteiger partial charge in [-0.25, -0.2) is 4.98 Å². The predicted octanol–water partition coefficient (Wildman–Crippen LogP) is 3.20. The summed E-state index contributed by atoms with van der Waals surface area (Å²) in [6, 6.07) is 11.5. The number of aromatic nitrogens is 4. The minimum absolute atomic E-state index is 0.00342. The Bertz CT molecular complexity index is 1110. The predicted molar refractivity (Wildman–Crippen MR) is 99.6 cm³/mol. The van der Waals surface area contributed by atoms with Crippen molar-refractivity contribution >= 4 is 22.5 Å². The van der Waals surface area contributed by atoms with Crippen LogP contribution in [-0.4, -0.2) is 43.7 Å². The Morgan fingerprint density at radius 3 is 3.00 bits per heavy atom. The second-order valence-corrected chi connectivity index (χ2v) is 6.97. The average molecular weight is 361 g/mol. The highest BCUT2D eigenvalue weighted by Crippen LogP contribution is 2.30. The maximum absolute atomic E-state index is 13.2. The van der Waals surface area contributed by atoms with Gasteiger partial charge in [-0.05, 0) is 44.0 Å². The highest BCUT2D eigenvalue weighted by molar-refractivity contribution is 6.01. The Kier molecular flexibility index (Phi) is 3.67. The molecule has 1 fully saturated rings. The van der Waals surface area contributed by atoms with E-state index in [-0.39, 0.29) is 11.8 Å². The van der Waals surface area contributed by atoms with Crippen molar-refractivity contribution in [2.45, 2.75) is 25.7 Å². The third-order valence-corrected chi connectivity index (χ3v) is 5.18. The number of hydrogen-bond acceptors (Lipinski definition) is 5. The highest BCUT2D eigenvalue weighted by atomic mass is 16.3. The van der Waals surface area contributed by atoms with E-state index in [1.807, 2.05) is 48.2 Å². The molecule has 0 bridgehead atoms. The van der Waals surface area contributed by atoms with Gasteiger partial charge >= 0.3 is 0 Å². The minimum atomic E-state index is -0.00342. The molecule has 1 atom stereocenters. The van der Waals surface area contributed by atoms with Gasteiger partial charge in [0.15, 0.2) is 11.5 Å². The van der Waals surface area contributed by atoms with Gasteiger partial charge in [-0.1, -0.05) is 12.1 Å². The largest absolute Gasteiger partial charge is 0.440 e. The van der Waals surface area contributed by atoms with E-state index in [0.717, 1.165) is 36.0 Å². The summed E-state index contributed by atoms with van der Waals surface area (Å²) < 4.78 is 7.46. The van der Waals surface area contributed by atoms with E-state index in [1.54, 1.807) is 6.20 Å². The van der Waals surface area contributed by atoms with Crippen LogP contribution in [0.25, 0.3) is 16.6 Å². The van der Waals surface area contributed by atoms with Gasteiger partial charge in [-0.3, -0.25) is 4.79 Å². The Morgan fingerprint density at radius 2 is 2.11 bits per heavy atom. The molecule has 1 amide bonds. The number of benzene rings is 1. The number of fused-ring (bicyclic) bond motifs is 2. The number of nitrogens with zero attached hydrogens (tertiary/aromatic N) is 5. The van der Waals surface area contributed by atoms with Crippen molar-refractivity contribution < 1.29 is 9.21 Å². The van der Waals surface area contributed by atoms with Crippen molar-refractivity contribution in [3.8, 4) is 0 Å². The van der Waals surface area contributed by atoms with Gasteiger partial charge in [0.25, 0.3) is 5.91 Å². The molecule has 0 N–H and O–H groups in total. The third kappa shape index (κ3) is 2.66. The number of carbonyl (C=O) groups is 1. The van der Waals surface area contributed by atoms with Crippen molar-refractivity contribution in [1.29, 1.82) is 0 Å². The lowest BCUT2D eigenvalue weighted by atomic mass is 9.97. The van der Waals surface area contributed by atoms with E-state index in [0.29, 0.717) is 23.7 Å². The van der Waals surface area contributed by atoms with Crippen LogP contribution in [0.1, 0.15) is 40.7 Å². The zero-order chi connectivity index (χ0) is 18.4. The van der Waals surface area contributed by atoms with Crippen LogP contribution in [0.2, 0.25) is 0 Å². The number of aryl methyl sites for hydroxylation is 1. The monoisotopic (exact) mass is 361 g/mol. The van der Waals surface area contributed by atoms with Crippen LogP contribution in [0.4, 0.5) is 0 Å². The third-order valence-electron chi connectivity index (χ3n) is 5.18. The van der Waals surface area contributed by atoms with Crippen molar-refractivity contribution in [3.63, 3.8) is 0 Å². The van der Waals surface area contributed by atoms with E-state index < -0.39 is 0 Å². The quantitative estimate of drug-likeness (QED) is 0.548.